The second-order valence-electron chi connectivity index (χ2n) is 9.81. The highest BCUT2D eigenvalue weighted by atomic mass is 16.4. The average molecular weight is 378 g/mol. The molecule has 2 rings (SSSR count). The van der Waals surface area contributed by atoms with Crippen molar-refractivity contribution in [1.82, 2.24) is 20.5 Å². The Morgan fingerprint density at radius 2 is 1.81 bits per heavy atom. The van der Waals surface area contributed by atoms with Crippen LogP contribution in [-0.4, -0.2) is 48.1 Å². The summed E-state index contributed by atoms with van der Waals surface area (Å²) in [6, 6.07) is 0. The van der Waals surface area contributed by atoms with Gasteiger partial charge in [0.2, 0.25) is 5.89 Å². The fourth-order valence-corrected chi connectivity index (χ4v) is 3.69. The lowest BCUT2D eigenvalue weighted by Crippen LogP contribution is -2.57. The number of nitrogens with zero attached hydrogens (tertiary/aromatic N) is 3. The van der Waals surface area contributed by atoms with Crippen LogP contribution in [-0.2, 0) is 12.0 Å². The molecule has 0 bridgehead atoms. The van der Waals surface area contributed by atoms with E-state index in [4.69, 9.17) is 4.42 Å². The van der Waals surface area contributed by atoms with Gasteiger partial charge in [-0.1, -0.05) is 34.6 Å². The topological polar surface area (TPSA) is 65.7 Å². The molecule has 1 aliphatic rings. The first-order valence-corrected chi connectivity index (χ1v) is 10.2. The zero-order valence-corrected chi connectivity index (χ0v) is 18.5. The molecule has 1 aliphatic heterocycles. The summed E-state index contributed by atoms with van der Waals surface area (Å²) in [5, 5.41) is 6.78. The first-order valence-electron chi connectivity index (χ1n) is 10.2. The summed E-state index contributed by atoms with van der Waals surface area (Å²) in [4.78, 5) is 11.3. The fourth-order valence-electron chi connectivity index (χ4n) is 3.69. The Labute approximate surface area is 165 Å². The van der Waals surface area contributed by atoms with Gasteiger partial charge in [-0.3, -0.25) is 9.89 Å². The van der Waals surface area contributed by atoms with Gasteiger partial charge in [0.1, 0.15) is 5.76 Å². The highest BCUT2D eigenvalue weighted by Crippen LogP contribution is 2.27. The summed E-state index contributed by atoms with van der Waals surface area (Å²) in [5.41, 5.74) is 0.0425. The zero-order valence-electron chi connectivity index (χ0n) is 18.5. The molecular weight excluding hydrogens is 338 g/mol. The standard InChI is InChI=1S/C21H39N5O/c1-15-9-16(2)13-26(12-15)21(6,7)14-25-19(22-8)24-11-18-23-10-17(27-18)20(3,4)5/h10,15-16H,9,11-14H2,1-8H3,(H2,22,24,25). The van der Waals surface area contributed by atoms with Crippen LogP contribution in [0.4, 0.5) is 0 Å². The Balaban J connectivity index is 1.86. The molecule has 1 fully saturated rings. The number of oxazole rings is 1. The van der Waals surface area contributed by atoms with Gasteiger partial charge in [-0.2, -0.15) is 0 Å². The minimum Gasteiger partial charge on any atom is -0.443 e. The molecule has 6 heteroatoms. The Morgan fingerprint density at radius 1 is 1.19 bits per heavy atom. The lowest BCUT2D eigenvalue weighted by atomic mass is 9.88. The Morgan fingerprint density at radius 3 is 2.33 bits per heavy atom. The van der Waals surface area contributed by atoms with Crippen LogP contribution in [0.3, 0.4) is 0 Å². The number of guanidine groups is 1. The lowest BCUT2D eigenvalue weighted by molar-refractivity contribution is 0.0483. The zero-order chi connectivity index (χ0) is 20.2. The molecule has 2 N–H and O–H groups in total. The van der Waals surface area contributed by atoms with Crippen LogP contribution in [0.15, 0.2) is 15.6 Å². The summed E-state index contributed by atoms with van der Waals surface area (Å²) in [6.07, 6.45) is 3.14. The van der Waals surface area contributed by atoms with Crippen LogP contribution in [0.2, 0.25) is 0 Å². The number of aromatic nitrogens is 1. The number of hydrogen-bond donors (Lipinski definition) is 2. The first-order chi connectivity index (χ1) is 12.5. The molecule has 1 aromatic rings. The molecule has 154 valence electrons. The quantitative estimate of drug-likeness (QED) is 0.608. The number of nitrogens with one attached hydrogen (secondary N) is 2. The normalized spacial score (nSPS) is 22.7. The van der Waals surface area contributed by atoms with Gasteiger partial charge < -0.3 is 15.1 Å². The third-order valence-electron chi connectivity index (χ3n) is 5.34. The number of hydrogen-bond acceptors (Lipinski definition) is 4. The third kappa shape index (κ3) is 6.23. The molecule has 0 aliphatic carbocycles. The van der Waals surface area contributed by atoms with Gasteiger partial charge >= 0.3 is 0 Å². The summed E-state index contributed by atoms with van der Waals surface area (Å²) >= 11 is 0. The van der Waals surface area contributed by atoms with E-state index in [9.17, 15) is 0 Å². The number of aliphatic imine (C=N–C) groups is 1. The van der Waals surface area contributed by atoms with Gasteiger partial charge in [-0.15, -0.1) is 0 Å². The van der Waals surface area contributed by atoms with Crippen molar-refractivity contribution < 1.29 is 4.42 Å². The van der Waals surface area contributed by atoms with Crippen LogP contribution in [0.1, 0.15) is 66.5 Å². The van der Waals surface area contributed by atoms with E-state index < -0.39 is 0 Å². The molecule has 0 saturated carbocycles. The molecular formula is C21H39N5O. The van der Waals surface area contributed by atoms with Crippen LogP contribution < -0.4 is 10.6 Å². The minimum absolute atomic E-state index is 0.0298. The largest absolute Gasteiger partial charge is 0.443 e. The molecule has 0 aromatic carbocycles. The van der Waals surface area contributed by atoms with Crippen LogP contribution in [0, 0.1) is 11.8 Å². The molecule has 0 radical (unpaired) electrons. The van der Waals surface area contributed by atoms with E-state index in [2.05, 4.69) is 74.0 Å². The molecule has 1 saturated heterocycles. The number of piperidine rings is 1. The molecule has 2 atom stereocenters. The second-order valence-corrected chi connectivity index (χ2v) is 9.81. The van der Waals surface area contributed by atoms with Crippen LogP contribution in [0.25, 0.3) is 0 Å². The maximum atomic E-state index is 5.84. The molecule has 2 heterocycles. The SMILES string of the molecule is CN=C(NCc1ncc(C(C)(C)C)o1)NCC(C)(C)N1CC(C)CC(C)C1. The summed E-state index contributed by atoms with van der Waals surface area (Å²) in [5.74, 6) is 3.87. The molecule has 2 unspecified atom stereocenters. The van der Waals surface area contributed by atoms with E-state index >= 15 is 0 Å². The van der Waals surface area contributed by atoms with E-state index in [1.807, 2.05) is 6.20 Å². The van der Waals surface area contributed by atoms with Crippen molar-refractivity contribution >= 4 is 5.96 Å². The number of rotatable bonds is 5. The maximum Gasteiger partial charge on any atom is 0.213 e. The van der Waals surface area contributed by atoms with E-state index in [1.54, 1.807) is 7.05 Å². The maximum absolute atomic E-state index is 5.84. The molecule has 6 nitrogen and oxygen atoms in total. The lowest BCUT2D eigenvalue weighted by Gasteiger charge is -2.45. The Kier molecular flexibility index (Phi) is 6.95. The van der Waals surface area contributed by atoms with Gasteiger partial charge in [0.25, 0.3) is 0 Å². The monoisotopic (exact) mass is 377 g/mol. The highest BCUT2D eigenvalue weighted by molar-refractivity contribution is 5.79. The van der Waals surface area contributed by atoms with E-state index in [-0.39, 0.29) is 11.0 Å². The molecule has 1 aromatic heterocycles. The average Bonchev–Trinajstić information content (AvgIpc) is 3.03. The number of likely N-dealkylation sites (tertiary alicyclic amines) is 1. The van der Waals surface area contributed by atoms with Crippen molar-refractivity contribution in [3.63, 3.8) is 0 Å². The van der Waals surface area contributed by atoms with Crippen molar-refractivity contribution in [2.24, 2.45) is 16.8 Å². The molecule has 0 amide bonds. The van der Waals surface area contributed by atoms with Gasteiger partial charge in [0.05, 0.1) is 12.7 Å². The van der Waals surface area contributed by atoms with E-state index in [0.29, 0.717) is 12.4 Å². The molecule has 0 spiro atoms. The van der Waals surface area contributed by atoms with Crippen molar-refractivity contribution in [2.75, 3.05) is 26.7 Å². The van der Waals surface area contributed by atoms with Crippen molar-refractivity contribution in [1.29, 1.82) is 0 Å². The van der Waals surface area contributed by atoms with E-state index in [1.165, 1.54) is 6.42 Å². The minimum atomic E-state index is -0.0298. The predicted molar refractivity (Wildman–Crippen MR) is 112 cm³/mol. The van der Waals surface area contributed by atoms with E-state index in [0.717, 1.165) is 43.2 Å². The van der Waals surface area contributed by atoms with Crippen molar-refractivity contribution in [2.45, 2.75) is 72.4 Å². The van der Waals surface area contributed by atoms with Gasteiger partial charge in [-0.05, 0) is 32.1 Å². The van der Waals surface area contributed by atoms with Crippen LogP contribution >= 0.6 is 0 Å². The first kappa shape index (κ1) is 21.7. The van der Waals surface area contributed by atoms with Crippen molar-refractivity contribution in [3.8, 4) is 0 Å². The Hall–Kier alpha value is -1.56. The summed E-state index contributed by atoms with van der Waals surface area (Å²) in [7, 11) is 1.80. The third-order valence-corrected chi connectivity index (χ3v) is 5.34. The predicted octanol–water partition coefficient (Wildman–Crippen LogP) is 3.39. The smallest absolute Gasteiger partial charge is 0.213 e. The van der Waals surface area contributed by atoms with Gasteiger partial charge in [0.15, 0.2) is 5.96 Å². The van der Waals surface area contributed by atoms with Gasteiger partial charge in [-0.25, -0.2) is 4.98 Å². The summed E-state index contributed by atoms with van der Waals surface area (Å²) in [6.45, 7) is 19.4. The Bertz CT molecular complexity index is 619. The molecule has 27 heavy (non-hydrogen) atoms. The highest BCUT2D eigenvalue weighted by Gasteiger charge is 2.32. The summed E-state index contributed by atoms with van der Waals surface area (Å²) < 4.78 is 5.84. The second kappa shape index (κ2) is 8.63. The fraction of sp³-hybridized carbons (Fsp3) is 0.810. The van der Waals surface area contributed by atoms with Crippen LogP contribution in [0.5, 0.6) is 0 Å². The van der Waals surface area contributed by atoms with Crippen molar-refractivity contribution in [3.05, 3.63) is 17.8 Å². The van der Waals surface area contributed by atoms with Gasteiger partial charge in [0, 0.05) is 37.6 Å².